The normalized spacial score (nSPS) is 32.4. The molecule has 31 heavy (non-hydrogen) atoms. The van der Waals surface area contributed by atoms with Crippen LogP contribution in [0.15, 0.2) is 18.2 Å². The number of carbonyl (C=O) groups excluding carboxylic acids is 3. The van der Waals surface area contributed by atoms with Crippen LogP contribution in [0.1, 0.15) is 66.4 Å². The lowest BCUT2D eigenvalue weighted by molar-refractivity contribution is -0.136. The van der Waals surface area contributed by atoms with E-state index in [4.69, 9.17) is 5.73 Å². The Labute approximate surface area is 183 Å². The van der Waals surface area contributed by atoms with Crippen LogP contribution in [-0.2, 0) is 22.7 Å². The highest BCUT2D eigenvalue weighted by atomic mass is 16.2. The number of hydrogen-bond donors (Lipinski definition) is 3. The fourth-order valence-electron chi connectivity index (χ4n) is 6.41. The van der Waals surface area contributed by atoms with E-state index in [1.165, 1.54) is 32.1 Å². The van der Waals surface area contributed by atoms with Crippen molar-refractivity contribution in [2.45, 2.75) is 64.1 Å². The fraction of sp³-hybridized carbons (Fsp3) is 0.625. The maximum atomic E-state index is 13.0. The monoisotopic (exact) mass is 424 g/mol. The molecule has 7 nitrogen and oxygen atoms in total. The number of benzene rings is 1. The molecule has 2 heterocycles. The van der Waals surface area contributed by atoms with Gasteiger partial charge in [-0.2, -0.15) is 0 Å². The summed E-state index contributed by atoms with van der Waals surface area (Å²) in [5, 5.41) is 5.96. The first kappa shape index (κ1) is 20.6. The maximum Gasteiger partial charge on any atom is 0.255 e. The molecule has 1 aromatic carbocycles. The van der Waals surface area contributed by atoms with Crippen molar-refractivity contribution in [2.75, 3.05) is 13.1 Å². The van der Waals surface area contributed by atoms with Crippen molar-refractivity contribution in [3.05, 3.63) is 34.9 Å². The molecule has 2 saturated carbocycles. The Morgan fingerprint density at radius 1 is 1.13 bits per heavy atom. The van der Waals surface area contributed by atoms with E-state index in [0.717, 1.165) is 36.1 Å². The van der Waals surface area contributed by atoms with Gasteiger partial charge in [0.15, 0.2) is 0 Å². The molecule has 5 rings (SSSR count). The third kappa shape index (κ3) is 3.78. The minimum atomic E-state index is -0.564. The summed E-state index contributed by atoms with van der Waals surface area (Å²) in [7, 11) is 0. The summed E-state index contributed by atoms with van der Waals surface area (Å²) >= 11 is 0. The third-order valence-corrected chi connectivity index (χ3v) is 8.06. The number of nitrogens with zero attached hydrogens (tertiary/aromatic N) is 1. The molecule has 3 amide bonds. The topological polar surface area (TPSA) is 105 Å². The molecule has 7 heteroatoms. The van der Waals surface area contributed by atoms with Gasteiger partial charge in [-0.05, 0) is 60.3 Å². The molecule has 2 aliphatic heterocycles. The molecule has 0 radical (unpaired) electrons. The van der Waals surface area contributed by atoms with Gasteiger partial charge in [-0.15, -0.1) is 0 Å². The van der Waals surface area contributed by atoms with Crippen LogP contribution in [-0.4, -0.2) is 41.8 Å². The number of rotatable bonds is 6. The number of fused-ring (bicyclic) bond motifs is 2. The van der Waals surface area contributed by atoms with Crippen molar-refractivity contribution in [1.82, 2.24) is 15.5 Å². The molecule has 4 N–H and O–H groups in total. The second-order valence-electron chi connectivity index (χ2n) is 10.1. The Kier molecular flexibility index (Phi) is 5.34. The number of amides is 3. The van der Waals surface area contributed by atoms with Gasteiger partial charge in [-0.1, -0.05) is 31.4 Å². The minimum absolute atomic E-state index is 0.117. The fourth-order valence-corrected chi connectivity index (χ4v) is 6.41. The highest BCUT2D eigenvalue weighted by Gasteiger charge is 2.45. The molecule has 1 aromatic rings. The second-order valence-corrected chi connectivity index (χ2v) is 10.1. The first-order valence-corrected chi connectivity index (χ1v) is 11.7. The average molecular weight is 425 g/mol. The zero-order chi connectivity index (χ0) is 21.6. The van der Waals surface area contributed by atoms with Gasteiger partial charge in [0.25, 0.3) is 5.91 Å². The summed E-state index contributed by atoms with van der Waals surface area (Å²) in [6.07, 6.45) is 7.25. The van der Waals surface area contributed by atoms with Gasteiger partial charge in [0, 0.05) is 31.6 Å². The Bertz CT molecular complexity index is 902. The number of hydrogen-bond acceptors (Lipinski definition) is 5. The molecule has 3 unspecified atom stereocenters. The van der Waals surface area contributed by atoms with Crippen molar-refractivity contribution >= 4 is 17.7 Å². The molecule has 166 valence electrons. The van der Waals surface area contributed by atoms with Crippen molar-refractivity contribution in [3.8, 4) is 0 Å². The summed E-state index contributed by atoms with van der Waals surface area (Å²) in [4.78, 5) is 38.2. The molecule has 0 spiro atoms. The van der Waals surface area contributed by atoms with Gasteiger partial charge in [0.2, 0.25) is 11.8 Å². The molecule has 3 fully saturated rings. The average Bonchev–Trinajstić information content (AvgIpc) is 3.41. The Morgan fingerprint density at radius 2 is 1.90 bits per heavy atom. The summed E-state index contributed by atoms with van der Waals surface area (Å²) in [6, 6.07) is 5.44. The van der Waals surface area contributed by atoms with E-state index in [-0.39, 0.29) is 29.6 Å². The summed E-state index contributed by atoms with van der Waals surface area (Å²) in [5.41, 5.74) is 9.11. The summed E-state index contributed by atoms with van der Waals surface area (Å²) in [5.74, 6) is 0.975. The molecule has 0 aromatic heterocycles. The Hall–Kier alpha value is -2.25. The van der Waals surface area contributed by atoms with Crippen LogP contribution in [0, 0.1) is 17.3 Å². The quantitative estimate of drug-likeness (QED) is 0.603. The largest absolute Gasteiger partial charge is 0.330 e. The standard InChI is InChI=1S/C24H32N4O3/c25-13-24(9-16-2-1-3-17(16)10-24)14-26-11-15-4-5-18-12-28(23(31)19(18)8-15)20-6-7-21(29)27-22(20)30/h4-5,8,16-17,20,26H,1-3,6-7,9-14,25H2,(H,27,29,30). The summed E-state index contributed by atoms with van der Waals surface area (Å²) < 4.78 is 0. The number of imide groups is 1. The molecular weight excluding hydrogens is 392 g/mol. The molecule has 3 atom stereocenters. The van der Waals surface area contributed by atoms with Gasteiger partial charge in [-0.3, -0.25) is 19.7 Å². The first-order chi connectivity index (χ1) is 15.0. The van der Waals surface area contributed by atoms with Crippen molar-refractivity contribution < 1.29 is 14.4 Å². The summed E-state index contributed by atoms with van der Waals surface area (Å²) in [6.45, 7) is 2.78. The van der Waals surface area contributed by atoms with E-state index in [1.807, 2.05) is 12.1 Å². The minimum Gasteiger partial charge on any atom is -0.330 e. The van der Waals surface area contributed by atoms with E-state index in [9.17, 15) is 14.4 Å². The van der Waals surface area contributed by atoms with Gasteiger partial charge >= 0.3 is 0 Å². The van der Waals surface area contributed by atoms with Crippen LogP contribution in [0.5, 0.6) is 0 Å². The van der Waals surface area contributed by atoms with Crippen LogP contribution < -0.4 is 16.4 Å². The molecule has 0 bridgehead atoms. The molecule has 2 aliphatic carbocycles. The van der Waals surface area contributed by atoms with Gasteiger partial charge in [0.1, 0.15) is 6.04 Å². The predicted molar refractivity (Wildman–Crippen MR) is 116 cm³/mol. The van der Waals surface area contributed by atoms with E-state index < -0.39 is 6.04 Å². The molecule has 1 saturated heterocycles. The van der Waals surface area contributed by atoms with E-state index in [0.29, 0.717) is 25.1 Å². The molecular formula is C24H32N4O3. The van der Waals surface area contributed by atoms with Gasteiger partial charge in [-0.25, -0.2) is 0 Å². The van der Waals surface area contributed by atoms with Crippen molar-refractivity contribution in [1.29, 1.82) is 0 Å². The predicted octanol–water partition coefficient (Wildman–Crippen LogP) is 1.69. The van der Waals surface area contributed by atoms with Crippen LogP contribution in [0.3, 0.4) is 0 Å². The third-order valence-electron chi connectivity index (χ3n) is 8.06. The molecule has 4 aliphatic rings. The van der Waals surface area contributed by atoms with Crippen LogP contribution in [0.25, 0.3) is 0 Å². The number of nitrogens with two attached hydrogens (primary N) is 1. The smallest absolute Gasteiger partial charge is 0.255 e. The maximum absolute atomic E-state index is 13.0. The van der Waals surface area contributed by atoms with Crippen molar-refractivity contribution in [3.63, 3.8) is 0 Å². The number of carbonyl (C=O) groups is 3. The zero-order valence-electron chi connectivity index (χ0n) is 18.0. The SMILES string of the molecule is NCC1(CNCc2ccc3c(c2)C(=O)N(C2CCC(=O)NC2=O)C3)CC2CCCC2C1. The highest BCUT2D eigenvalue weighted by molar-refractivity contribution is 6.05. The lowest BCUT2D eigenvalue weighted by atomic mass is 9.83. The number of nitrogens with one attached hydrogen (secondary N) is 2. The van der Waals surface area contributed by atoms with Gasteiger partial charge < -0.3 is 16.0 Å². The van der Waals surface area contributed by atoms with E-state index in [1.54, 1.807) is 4.90 Å². The second kappa shape index (κ2) is 8.02. The number of piperidine rings is 1. The highest BCUT2D eigenvalue weighted by Crippen LogP contribution is 2.52. The lowest BCUT2D eigenvalue weighted by Gasteiger charge is -2.29. The van der Waals surface area contributed by atoms with E-state index >= 15 is 0 Å². The Balaban J connectivity index is 1.21. The van der Waals surface area contributed by atoms with Crippen molar-refractivity contribution in [2.24, 2.45) is 23.0 Å². The van der Waals surface area contributed by atoms with E-state index in [2.05, 4.69) is 16.7 Å². The van der Waals surface area contributed by atoms with Crippen LogP contribution >= 0.6 is 0 Å². The Morgan fingerprint density at radius 3 is 2.61 bits per heavy atom. The van der Waals surface area contributed by atoms with Crippen LogP contribution in [0.4, 0.5) is 0 Å². The van der Waals surface area contributed by atoms with Gasteiger partial charge in [0.05, 0.1) is 0 Å². The van der Waals surface area contributed by atoms with Crippen LogP contribution in [0.2, 0.25) is 0 Å². The lowest BCUT2D eigenvalue weighted by Crippen LogP contribution is -2.52. The zero-order valence-corrected chi connectivity index (χ0v) is 18.0. The first-order valence-electron chi connectivity index (χ1n) is 11.7.